The van der Waals surface area contributed by atoms with E-state index in [0.717, 1.165) is 18.7 Å². The third-order valence-electron chi connectivity index (χ3n) is 2.81. The monoisotopic (exact) mass is 222 g/mol. The van der Waals surface area contributed by atoms with Gasteiger partial charge in [-0.3, -0.25) is 0 Å². The average Bonchev–Trinajstić information content (AvgIpc) is 2.30. The lowest BCUT2D eigenvalue weighted by atomic mass is 9.93. The summed E-state index contributed by atoms with van der Waals surface area (Å²) in [6.07, 6.45) is 0.932. The number of hydrogen-bond donors (Lipinski definition) is 2. The van der Waals surface area contributed by atoms with Gasteiger partial charge in [0, 0.05) is 12.1 Å². The van der Waals surface area contributed by atoms with Crippen molar-refractivity contribution in [3.05, 3.63) is 29.8 Å². The van der Waals surface area contributed by atoms with Crippen LogP contribution in [0.3, 0.4) is 0 Å². The van der Waals surface area contributed by atoms with Gasteiger partial charge in [-0.15, -0.1) is 0 Å². The Labute approximate surface area is 98.0 Å². The molecular weight excluding hydrogens is 200 g/mol. The summed E-state index contributed by atoms with van der Waals surface area (Å²) in [5.74, 6) is 0.890. The molecular formula is C13H22N2O. The molecule has 0 saturated carbocycles. The van der Waals surface area contributed by atoms with Gasteiger partial charge in [-0.05, 0) is 37.6 Å². The second-order valence-corrected chi connectivity index (χ2v) is 4.32. The quantitative estimate of drug-likeness (QED) is 0.768. The van der Waals surface area contributed by atoms with Crippen LogP contribution in [0.2, 0.25) is 0 Å². The molecule has 0 heterocycles. The maximum absolute atomic E-state index is 5.81. The van der Waals surface area contributed by atoms with E-state index in [1.165, 1.54) is 5.56 Å². The SMILES string of the molecule is CCNC(C)(CN)Cc1ccc(OC)cc1. The van der Waals surface area contributed by atoms with Crippen molar-refractivity contribution in [1.82, 2.24) is 5.32 Å². The molecule has 0 saturated heterocycles. The molecule has 0 aliphatic heterocycles. The number of nitrogens with one attached hydrogen (secondary N) is 1. The fourth-order valence-corrected chi connectivity index (χ4v) is 1.83. The molecule has 3 N–H and O–H groups in total. The lowest BCUT2D eigenvalue weighted by molar-refractivity contribution is 0.370. The summed E-state index contributed by atoms with van der Waals surface area (Å²) in [6, 6.07) is 8.14. The summed E-state index contributed by atoms with van der Waals surface area (Å²) in [5.41, 5.74) is 7.06. The maximum atomic E-state index is 5.81. The van der Waals surface area contributed by atoms with E-state index >= 15 is 0 Å². The van der Waals surface area contributed by atoms with Crippen molar-refractivity contribution in [2.45, 2.75) is 25.8 Å². The van der Waals surface area contributed by atoms with Gasteiger partial charge in [-0.1, -0.05) is 19.1 Å². The third kappa shape index (κ3) is 3.51. The van der Waals surface area contributed by atoms with Gasteiger partial charge in [0.25, 0.3) is 0 Å². The molecule has 3 nitrogen and oxygen atoms in total. The molecule has 90 valence electrons. The minimum atomic E-state index is -0.0245. The molecule has 0 aromatic heterocycles. The second kappa shape index (κ2) is 5.87. The number of methoxy groups -OCH3 is 1. The summed E-state index contributed by atoms with van der Waals surface area (Å²) in [4.78, 5) is 0. The van der Waals surface area contributed by atoms with Crippen molar-refractivity contribution in [3.8, 4) is 5.75 Å². The first kappa shape index (κ1) is 13.0. The van der Waals surface area contributed by atoms with Crippen LogP contribution in [0.15, 0.2) is 24.3 Å². The summed E-state index contributed by atoms with van der Waals surface area (Å²) in [5, 5.41) is 3.43. The number of benzene rings is 1. The molecule has 0 bridgehead atoms. The van der Waals surface area contributed by atoms with Gasteiger partial charge >= 0.3 is 0 Å². The number of ether oxygens (including phenoxy) is 1. The third-order valence-corrected chi connectivity index (χ3v) is 2.81. The maximum Gasteiger partial charge on any atom is 0.118 e. The molecule has 0 spiro atoms. The molecule has 0 aliphatic rings. The standard InChI is InChI=1S/C13H22N2O/c1-4-15-13(2,10-14)9-11-5-7-12(16-3)8-6-11/h5-8,15H,4,9-10,14H2,1-3H3. The van der Waals surface area contributed by atoms with Gasteiger partial charge in [-0.25, -0.2) is 0 Å². The Hall–Kier alpha value is -1.06. The van der Waals surface area contributed by atoms with Gasteiger partial charge in [0.15, 0.2) is 0 Å². The highest BCUT2D eigenvalue weighted by molar-refractivity contribution is 5.28. The number of rotatable bonds is 6. The number of hydrogen-bond acceptors (Lipinski definition) is 3. The predicted octanol–water partition coefficient (Wildman–Crippen LogP) is 1.56. The summed E-state index contributed by atoms with van der Waals surface area (Å²) >= 11 is 0. The highest BCUT2D eigenvalue weighted by atomic mass is 16.5. The molecule has 16 heavy (non-hydrogen) atoms. The first-order chi connectivity index (χ1) is 7.63. The van der Waals surface area contributed by atoms with Gasteiger partial charge in [0.1, 0.15) is 5.75 Å². The smallest absolute Gasteiger partial charge is 0.118 e. The Balaban J connectivity index is 2.70. The molecule has 1 aromatic carbocycles. The number of likely N-dealkylation sites (N-methyl/N-ethyl adjacent to an activating group) is 1. The minimum absolute atomic E-state index is 0.0245. The van der Waals surface area contributed by atoms with Crippen LogP contribution in [-0.2, 0) is 6.42 Å². The lowest BCUT2D eigenvalue weighted by Crippen LogP contribution is -2.50. The molecule has 3 heteroatoms. The van der Waals surface area contributed by atoms with E-state index in [4.69, 9.17) is 10.5 Å². The van der Waals surface area contributed by atoms with Crippen molar-refractivity contribution in [2.75, 3.05) is 20.2 Å². The molecule has 0 aliphatic carbocycles. The second-order valence-electron chi connectivity index (χ2n) is 4.32. The lowest BCUT2D eigenvalue weighted by Gasteiger charge is -2.29. The Bertz CT molecular complexity index is 310. The van der Waals surface area contributed by atoms with Crippen LogP contribution < -0.4 is 15.8 Å². The molecule has 1 atom stereocenters. The first-order valence-electron chi connectivity index (χ1n) is 5.71. The first-order valence-corrected chi connectivity index (χ1v) is 5.71. The fraction of sp³-hybridized carbons (Fsp3) is 0.538. The van der Waals surface area contributed by atoms with E-state index < -0.39 is 0 Å². The molecule has 0 amide bonds. The summed E-state index contributed by atoms with van der Waals surface area (Å²) in [7, 11) is 1.68. The van der Waals surface area contributed by atoms with E-state index in [2.05, 4.69) is 31.3 Å². The van der Waals surface area contributed by atoms with Crippen LogP contribution >= 0.6 is 0 Å². The van der Waals surface area contributed by atoms with Gasteiger partial charge in [-0.2, -0.15) is 0 Å². The zero-order valence-electron chi connectivity index (χ0n) is 10.4. The van der Waals surface area contributed by atoms with E-state index in [0.29, 0.717) is 6.54 Å². The van der Waals surface area contributed by atoms with Crippen LogP contribution in [0.25, 0.3) is 0 Å². The normalized spacial score (nSPS) is 14.5. The molecule has 1 unspecified atom stereocenters. The molecule has 0 fully saturated rings. The zero-order chi connectivity index (χ0) is 12.0. The van der Waals surface area contributed by atoms with Crippen LogP contribution in [0.5, 0.6) is 5.75 Å². The zero-order valence-corrected chi connectivity index (χ0v) is 10.4. The van der Waals surface area contributed by atoms with Gasteiger partial charge < -0.3 is 15.8 Å². The van der Waals surface area contributed by atoms with E-state index in [1.54, 1.807) is 7.11 Å². The average molecular weight is 222 g/mol. The topological polar surface area (TPSA) is 47.3 Å². The Morgan fingerprint density at radius 2 is 1.94 bits per heavy atom. The van der Waals surface area contributed by atoms with Crippen molar-refractivity contribution in [1.29, 1.82) is 0 Å². The van der Waals surface area contributed by atoms with Crippen molar-refractivity contribution in [2.24, 2.45) is 5.73 Å². The Morgan fingerprint density at radius 3 is 2.38 bits per heavy atom. The van der Waals surface area contributed by atoms with E-state index in [-0.39, 0.29) is 5.54 Å². The van der Waals surface area contributed by atoms with Gasteiger partial charge in [0.05, 0.1) is 7.11 Å². The van der Waals surface area contributed by atoms with Crippen LogP contribution in [-0.4, -0.2) is 25.7 Å². The molecule has 1 rings (SSSR count). The van der Waals surface area contributed by atoms with E-state index in [1.807, 2.05) is 12.1 Å². The molecule has 1 aromatic rings. The largest absolute Gasteiger partial charge is 0.497 e. The van der Waals surface area contributed by atoms with Gasteiger partial charge in [0.2, 0.25) is 0 Å². The van der Waals surface area contributed by atoms with Crippen molar-refractivity contribution < 1.29 is 4.74 Å². The van der Waals surface area contributed by atoms with Crippen LogP contribution in [0.4, 0.5) is 0 Å². The summed E-state index contributed by atoms with van der Waals surface area (Å²) < 4.78 is 5.13. The highest BCUT2D eigenvalue weighted by Gasteiger charge is 2.21. The predicted molar refractivity (Wildman–Crippen MR) is 67.8 cm³/mol. The highest BCUT2D eigenvalue weighted by Crippen LogP contribution is 2.16. The Kier molecular flexibility index (Phi) is 4.77. The van der Waals surface area contributed by atoms with E-state index in [9.17, 15) is 0 Å². The molecule has 0 radical (unpaired) electrons. The fourth-order valence-electron chi connectivity index (χ4n) is 1.83. The van der Waals surface area contributed by atoms with Crippen LogP contribution in [0.1, 0.15) is 19.4 Å². The van der Waals surface area contributed by atoms with Crippen molar-refractivity contribution in [3.63, 3.8) is 0 Å². The van der Waals surface area contributed by atoms with Crippen molar-refractivity contribution >= 4 is 0 Å². The summed E-state index contributed by atoms with van der Waals surface area (Å²) in [6.45, 7) is 5.82. The van der Waals surface area contributed by atoms with Crippen LogP contribution in [0, 0.1) is 0 Å². The number of nitrogens with two attached hydrogens (primary N) is 1. The minimum Gasteiger partial charge on any atom is -0.497 e. The Morgan fingerprint density at radius 1 is 1.31 bits per heavy atom.